The molecule has 1 heterocycles. The molecule has 1 aliphatic carbocycles. The van der Waals surface area contributed by atoms with E-state index in [-0.39, 0.29) is 0 Å². The SMILES string of the molecule is CCCCCCCC(NCCOC)c1nc2c(s1)CCC2. The highest BCUT2D eigenvalue weighted by atomic mass is 32.1. The van der Waals surface area contributed by atoms with Crippen LogP contribution in [0.25, 0.3) is 0 Å². The third-order valence-electron chi connectivity index (χ3n) is 4.20. The fraction of sp³-hybridized carbons (Fsp3) is 0.824. The van der Waals surface area contributed by atoms with E-state index in [9.17, 15) is 0 Å². The van der Waals surface area contributed by atoms with E-state index in [1.807, 2.05) is 11.3 Å². The first-order valence-corrected chi connectivity index (χ1v) is 9.37. The maximum atomic E-state index is 5.17. The molecule has 0 spiro atoms. The summed E-state index contributed by atoms with van der Waals surface area (Å²) in [7, 11) is 1.76. The van der Waals surface area contributed by atoms with Crippen LogP contribution in [-0.2, 0) is 17.6 Å². The number of methoxy groups -OCH3 is 1. The number of nitrogens with zero attached hydrogens (tertiary/aromatic N) is 1. The summed E-state index contributed by atoms with van der Waals surface area (Å²) in [4.78, 5) is 6.44. The van der Waals surface area contributed by atoms with Crippen LogP contribution in [0.5, 0.6) is 0 Å². The maximum Gasteiger partial charge on any atom is 0.110 e. The van der Waals surface area contributed by atoms with Crippen molar-refractivity contribution in [2.45, 2.75) is 70.8 Å². The predicted octanol–water partition coefficient (Wildman–Crippen LogP) is 4.27. The van der Waals surface area contributed by atoms with E-state index in [1.165, 1.54) is 73.4 Å². The Morgan fingerprint density at radius 2 is 2.10 bits per heavy atom. The molecule has 1 N–H and O–H groups in total. The monoisotopic (exact) mass is 310 g/mol. The number of aromatic nitrogens is 1. The molecule has 21 heavy (non-hydrogen) atoms. The van der Waals surface area contributed by atoms with Crippen molar-refractivity contribution in [3.05, 3.63) is 15.6 Å². The van der Waals surface area contributed by atoms with Crippen molar-refractivity contribution in [2.24, 2.45) is 0 Å². The van der Waals surface area contributed by atoms with Gasteiger partial charge in [0.05, 0.1) is 18.3 Å². The normalized spacial score (nSPS) is 15.3. The molecule has 4 heteroatoms. The molecule has 3 nitrogen and oxygen atoms in total. The number of hydrogen-bond donors (Lipinski definition) is 1. The molecule has 0 aromatic carbocycles. The van der Waals surface area contributed by atoms with Crippen LogP contribution in [0.2, 0.25) is 0 Å². The zero-order chi connectivity index (χ0) is 14.9. The van der Waals surface area contributed by atoms with Gasteiger partial charge in [-0.15, -0.1) is 11.3 Å². The zero-order valence-electron chi connectivity index (χ0n) is 13.6. The lowest BCUT2D eigenvalue weighted by atomic mass is 10.1. The Morgan fingerprint density at radius 1 is 1.24 bits per heavy atom. The summed E-state index contributed by atoms with van der Waals surface area (Å²) in [6.45, 7) is 3.96. The second kappa shape index (κ2) is 9.54. The van der Waals surface area contributed by atoms with Crippen molar-refractivity contribution in [2.75, 3.05) is 20.3 Å². The lowest BCUT2D eigenvalue weighted by molar-refractivity contribution is 0.194. The summed E-state index contributed by atoms with van der Waals surface area (Å²) in [5.41, 5.74) is 1.37. The first kappa shape index (κ1) is 16.9. The average molecular weight is 311 g/mol. The molecule has 1 aliphatic rings. The van der Waals surface area contributed by atoms with Gasteiger partial charge >= 0.3 is 0 Å². The van der Waals surface area contributed by atoms with Gasteiger partial charge in [-0.25, -0.2) is 4.98 Å². The van der Waals surface area contributed by atoms with Crippen molar-refractivity contribution in [1.29, 1.82) is 0 Å². The predicted molar refractivity (Wildman–Crippen MR) is 90.1 cm³/mol. The number of rotatable bonds is 11. The molecule has 0 bridgehead atoms. The van der Waals surface area contributed by atoms with Crippen LogP contribution < -0.4 is 5.32 Å². The fourth-order valence-electron chi connectivity index (χ4n) is 2.96. The van der Waals surface area contributed by atoms with E-state index in [2.05, 4.69) is 12.2 Å². The van der Waals surface area contributed by atoms with Crippen LogP contribution in [0.4, 0.5) is 0 Å². The molecule has 0 saturated carbocycles. The molecule has 0 radical (unpaired) electrons. The van der Waals surface area contributed by atoms with E-state index in [1.54, 1.807) is 7.11 Å². The molecular formula is C17H30N2OS. The van der Waals surface area contributed by atoms with Crippen LogP contribution in [0, 0.1) is 0 Å². The Morgan fingerprint density at radius 3 is 2.86 bits per heavy atom. The van der Waals surface area contributed by atoms with Gasteiger partial charge < -0.3 is 10.1 Å². The first-order chi connectivity index (χ1) is 10.3. The quantitative estimate of drug-likeness (QED) is 0.620. The number of aryl methyl sites for hydroxylation is 2. The molecule has 1 aromatic heterocycles. The number of hydrogen-bond acceptors (Lipinski definition) is 4. The minimum atomic E-state index is 0.428. The van der Waals surface area contributed by atoms with Gasteiger partial charge in [0, 0.05) is 18.5 Å². The summed E-state index contributed by atoms with van der Waals surface area (Å²) < 4.78 is 5.17. The Bertz CT molecular complexity index is 384. The van der Waals surface area contributed by atoms with Crippen LogP contribution in [0.3, 0.4) is 0 Å². The van der Waals surface area contributed by atoms with Crippen molar-refractivity contribution in [3.63, 3.8) is 0 Å². The Balaban J connectivity index is 1.84. The molecule has 1 unspecified atom stereocenters. The minimum Gasteiger partial charge on any atom is -0.383 e. The van der Waals surface area contributed by atoms with Gasteiger partial charge in [0.25, 0.3) is 0 Å². The minimum absolute atomic E-state index is 0.428. The first-order valence-electron chi connectivity index (χ1n) is 8.56. The number of nitrogens with one attached hydrogen (secondary N) is 1. The lowest BCUT2D eigenvalue weighted by Gasteiger charge is -2.16. The molecule has 0 fully saturated rings. The van der Waals surface area contributed by atoms with Crippen molar-refractivity contribution in [3.8, 4) is 0 Å². The molecule has 0 aliphatic heterocycles. The third-order valence-corrected chi connectivity index (χ3v) is 5.47. The number of fused-ring (bicyclic) bond motifs is 1. The van der Waals surface area contributed by atoms with Crippen molar-refractivity contribution in [1.82, 2.24) is 10.3 Å². The van der Waals surface area contributed by atoms with Crippen LogP contribution in [-0.4, -0.2) is 25.2 Å². The van der Waals surface area contributed by atoms with E-state index in [4.69, 9.17) is 9.72 Å². The van der Waals surface area contributed by atoms with Crippen LogP contribution in [0.1, 0.15) is 73.5 Å². The van der Waals surface area contributed by atoms with Crippen LogP contribution in [0.15, 0.2) is 0 Å². The zero-order valence-corrected chi connectivity index (χ0v) is 14.4. The molecule has 1 atom stereocenters. The second-order valence-corrected chi connectivity index (χ2v) is 7.09. The van der Waals surface area contributed by atoms with Gasteiger partial charge in [-0.05, 0) is 25.7 Å². The molecule has 2 rings (SSSR count). The molecule has 120 valence electrons. The van der Waals surface area contributed by atoms with Gasteiger partial charge in [-0.1, -0.05) is 39.0 Å². The maximum absolute atomic E-state index is 5.17. The smallest absolute Gasteiger partial charge is 0.110 e. The lowest BCUT2D eigenvalue weighted by Crippen LogP contribution is -2.25. The number of thiazole rings is 1. The van der Waals surface area contributed by atoms with E-state index >= 15 is 0 Å². The van der Waals surface area contributed by atoms with E-state index in [0.717, 1.165) is 13.2 Å². The number of ether oxygens (including phenoxy) is 1. The Kier molecular flexibility index (Phi) is 7.69. The van der Waals surface area contributed by atoms with Gasteiger partial charge in [-0.3, -0.25) is 0 Å². The average Bonchev–Trinajstić information content (AvgIpc) is 3.06. The van der Waals surface area contributed by atoms with E-state index < -0.39 is 0 Å². The summed E-state index contributed by atoms with van der Waals surface area (Å²) in [6, 6.07) is 0.428. The molecule has 0 amide bonds. The molecule has 1 aromatic rings. The number of unbranched alkanes of at least 4 members (excludes halogenated alkanes) is 4. The van der Waals surface area contributed by atoms with Crippen molar-refractivity contribution >= 4 is 11.3 Å². The van der Waals surface area contributed by atoms with Crippen LogP contribution >= 0.6 is 11.3 Å². The Labute approximate surface area is 133 Å². The highest BCUT2D eigenvalue weighted by Crippen LogP contribution is 2.32. The molecular weight excluding hydrogens is 280 g/mol. The third kappa shape index (κ3) is 5.35. The van der Waals surface area contributed by atoms with Gasteiger partial charge in [0.2, 0.25) is 0 Å². The standard InChI is InChI=1S/C17H30N2OS/c1-3-4-5-6-7-9-15(18-12-13-20-2)17-19-14-10-8-11-16(14)21-17/h15,18H,3-13H2,1-2H3. The largest absolute Gasteiger partial charge is 0.383 e. The summed E-state index contributed by atoms with van der Waals surface area (Å²) >= 11 is 1.94. The Hall–Kier alpha value is -0.450. The summed E-state index contributed by atoms with van der Waals surface area (Å²) in [5.74, 6) is 0. The van der Waals surface area contributed by atoms with Crippen molar-refractivity contribution < 1.29 is 4.74 Å². The van der Waals surface area contributed by atoms with E-state index in [0.29, 0.717) is 6.04 Å². The fourth-order valence-corrected chi connectivity index (χ4v) is 4.22. The summed E-state index contributed by atoms with van der Waals surface area (Å²) in [5, 5.41) is 4.95. The van der Waals surface area contributed by atoms with Gasteiger partial charge in [0.1, 0.15) is 5.01 Å². The highest BCUT2D eigenvalue weighted by molar-refractivity contribution is 7.11. The van der Waals surface area contributed by atoms with Gasteiger partial charge in [-0.2, -0.15) is 0 Å². The molecule has 0 saturated heterocycles. The highest BCUT2D eigenvalue weighted by Gasteiger charge is 2.21. The van der Waals surface area contributed by atoms with Gasteiger partial charge in [0.15, 0.2) is 0 Å². The second-order valence-electron chi connectivity index (χ2n) is 5.98. The summed E-state index contributed by atoms with van der Waals surface area (Å²) in [6.07, 6.45) is 11.6. The topological polar surface area (TPSA) is 34.1 Å².